The molecule has 1 aromatic heterocycles. The Kier molecular flexibility index (Phi) is 5.43. The zero-order valence-corrected chi connectivity index (χ0v) is 17.0. The van der Waals surface area contributed by atoms with Crippen LogP contribution >= 0.6 is 35.2 Å². The fourth-order valence-electron chi connectivity index (χ4n) is 3.03. The van der Waals surface area contributed by atoms with Gasteiger partial charge in [0.15, 0.2) is 5.11 Å². The maximum Gasteiger partial charge on any atom is 0.269 e. The molecular formula is C21H19ClN2OS2. The molecule has 0 aliphatic heterocycles. The molecule has 4 rings (SSSR count). The van der Waals surface area contributed by atoms with E-state index in [9.17, 15) is 4.79 Å². The molecule has 27 heavy (non-hydrogen) atoms. The Hall–Kier alpha value is -1.95. The summed E-state index contributed by atoms with van der Waals surface area (Å²) in [6.07, 6.45) is 2.45. The zero-order chi connectivity index (χ0) is 18.8. The van der Waals surface area contributed by atoms with E-state index in [0.717, 1.165) is 16.6 Å². The fourth-order valence-corrected chi connectivity index (χ4v) is 4.67. The lowest BCUT2D eigenvalue weighted by Crippen LogP contribution is -2.43. The number of carbonyl (C=O) groups is 1. The second-order valence-electron chi connectivity index (χ2n) is 6.81. The Morgan fingerprint density at radius 3 is 2.56 bits per heavy atom. The summed E-state index contributed by atoms with van der Waals surface area (Å²) in [6.45, 7) is 1.56. The van der Waals surface area contributed by atoms with Gasteiger partial charge in [0.05, 0.1) is 5.02 Å². The van der Waals surface area contributed by atoms with Crippen LogP contribution in [0.4, 0.5) is 0 Å². The third kappa shape index (κ3) is 4.32. The SMILES string of the molecule is O=C(NC(=S)N(Cc1ccccc1)CC1CC1)c1sc2ccccc2c1Cl. The van der Waals surface area contributed by atoms with Crippen molar-refractivity contribution >= 4 is 56.3 Å². The minimum atomic E-state index is -0.236. The van der Waals surface area contributed by atoms with Crippen LogP contribution in [0.1, 0.15) is 28.1 Å². The van der Waals surface area contributed by atoms with Gasteiger partial charge in [0.1, 0.15) is 4.88 Å². The van der Waals surface area contributed by atoms with Crippen LogP contribution in [0, 0.1) is 5.92 Å². The molecule has 1 saturated carbocycles. The molecule has 6 heteroatoms. The highest BCUT2D eigenvalue weighted by Crippen LogP contribution is 2.35. The summed E-state index contributed by atoms with van der Waals surface area (Å²) in [7, 11) is 0. The number of thiophene rings is 1. The molecule has 1 fully saturated rings. The molecule has 0 bridgehead atoms. The van der Waals surface area contributed by atoms with Gasteiger partial charge in [0, 0.05) is 23.2 Å². The highest BCUT2D eigenvalue weighted by Gasteiger charge is 2.27. The smallest absolute Gasteiger partial charge is 0.269 e. The molecule has 1 N–H and O–H groups in total. The van der Waals surface area contributed by atoms with E-state index in [1.165, 1.54) is 29.7 Å². The first kappa shape index (κ1) is 18.4. The number of halogens is 1. The molecule has 1 aliphatic carbocycles. The Morgan fingerprint density at radius 2 is 1.85 bits per heavy atom. The fraction of sp³-hybridized carbons (Fsp3) is 0.238. The third-order valence-corrected chi connectivity index (χ3v) is 6.68. The number of amides is 1. The number of hydrogen-bond donors (Lipinski definition) is 1. The Bertz CT molecular complexity index is 982. The molecule has 138 valence electrons. The summed E-state index contributed by atoms with van der Waals surface area (Å²) in [4.78, 5) is 15.4. The van der Waals surface area contributed by atoms with Crippen LogP contribution in [0.2, 0.25) is 5.02 Å². The van der Waals surface area contributed by atoms with Gasteiger partial charge >= 0.3 is 0 Å². The first-order chi connectivity index (χ1) is 13.1. The molecule has 0 atom stereocenters. The molecule has 1 aliphatic rings. The molecular weight excluding hydrogens is 396 g/mol. The number of fused-ring (bicyclic) bond motifs is 1. The van der Waals surface area contributed by atoms with Gasteiger partial charge in [-0.1, -0.05) is 60.1 Å². The van der Waals surface area contributed by atoms with E-state index < -0.39 is 0 Å². The predicted octanol–water partition coefficient (Wildman–Crippen LogP) is 5.48. The Morgan fingerprint density at radius 1 is 1.15 bits per heavy atom. The topological polar surface area (TPSA) is 32.3 Å². The first-order valence-electron chi connectivity index (χ1n) is 8.93. The molecule has 1 heterocycles. The quantitative estimate of drug-likeness (QED) is 0.561. The van der Waals surface area contributed by atoms with E-state index in [4.69, 9.17) is 23.8 Å². The average Bonchev–Trinajstić information content (AvgIpc) is 3.44. The maximum atomic E-state index is 12.8. The number of hydrogen-bond acceptors (Lipinski definition) is 3. The van der Waals surface area contributed by atoms with Crippen LogP contribution in [0.25, 0.3) is 10.1 Å². The van der Waals surface area contributed by atoms with E-state index in [0.29, 0.717) is 27.5 Å². The van der Waals surface area contributed by atoms with Gasteiger partial charge in [0.25, 0.3) is 5.91 Å². The molecule has 1 amide bonds. The Labute approximate surface area is 172 Å². The van der Waals surface area contributed by atoms with Gasteiger partial charge in [-0.15, -0.1) is 11.3 Å². The van der Waals surface area contributed by atoms with Crippen molar-refractivity contribution in [1.82, 2.24) is 10.2 Å². The molecule has 0 spiro atoms. The normalized spacial score (nSPS) is 13.5. The predicted molar refractivity (Wildman–Crippen MR) is 116 cm³/mol. The zero-order valence-electron chi connectivity index (χ0n) is 14.7. The van der Waals surface area contributed by atoms with Crippen LogP contribution in [-0.2, 0) is 6.54 Å². The number of benzene rings is 2. The Balaban J connectivity index is 1.50. The second kappa shape index (κ2) is 7.97. The summed E-state index contributed by atoms with van der Waals surface area (Å²) in [5.41, 5.74) is 1.18. The molecule has 3 aromatic rings. The third-order valence-electron chi connectivity index (χ3n) is 4.64. The van der Waals surface area contributed by atoms with Crippen molar-refractivity contribution in [2.75, 3.05) is 6.54 Å². The summed E-state index contributed by atoms with van der Waals surface area (Å²) in [6, 6.07) is 17.9. The van der Waals surface area contributed by atoms with Crippen molar-refractivity contribution < 1.29 is 4.79 Å². The minimum absolute atomic E-state index is 0.236. The number of carbonyl (C=O) groups excluding carboxylic acids is 1. The minimum Gasteiger partial charge on any atom is -0.344 e. The van der Waals surface area contributed by atoms with E-state index in [-0.39, 0.29) is 5.91 Å². The van der Waals surface area contributed by atoms with E-state index in [1.54, 1.807) is 0 Å². The lowest BCUT2D eigenvalue weighted by atomic mass is 10.2. The molecule has 0 saturated heterocycles. The number of nitrogens with one attached hydrogen (secondary N) is 1. The highest BCUT2D eigenvalue weighted by molar-refractivity contribution is 7.80. The van der Waals surface area contributed by atoms with Crippen molar-refractivity contribution in [3.05, 3.63) is 70.1 Å². The molecule has 0 unspecified atom stereocenters. The van der Waals surface area contributed by atoms with E-state index in [2.05, 4.69) is 22.3 Å². The summed E-state index contributed by atoms with van der Waals surface area (Å²) >= 11 is 13.4. The molecule has 0 radical (unpaired) electrons. The highest BCUT2D eigenvalue weighted by atomic mass is 35.5. The van der Waals surface area contributed by atoms with Crippen LogP contribution in [-0.4, -0.2) is 22.5 Å². The van der Waals surface area contributed by atoms with Crippen LogP contribution < -0.4 is 5.32 Å². The van der Waals surface area contributed by atoms with Crippen LogP contribution in [0.3, 0.4) is 0 Å². The average molecular weight is 415 g/mol. The number of nitrogens with zero attached hydrogens (tertiary/aromatic N) is 1. The molecule has 2 aromatic carbocycles. The lowest BCUT2D eigenvalue weighted by molar-refractivity contribution is 0.0977. The van der Waals surface area contributed by atoms with E-state index in [1.807, 2.05) is 42.5 Å². The van der Waals surface area contributed by atoms with Gasteiger partial charge in [-0.05, 0) is 42.6 Å². The summed E-state index contributed by atoms with van der Waals surface area (Å²) < 4.78 is 0.998. The van der Waals surface area contributed by atoms with Crippen molar-refractivity contribution in [2.24, 2.45) is 5.92 Å². The number of rotatable bonds is 5. The maximum absolute atomic E-state index is 12.8. The van der Waals surface area contributed by atoms with E-state index >= 15 is 0 Å². The summed E-state index contributed by atoms with van der Waals surface area (Å²) in [5, 5.41) is 4.75. The largest absolute Gasteiger partial charge is 0.344 e. The molecule has 3 nitrogen and oxygen atoms in total. The van der Waals surface area contributed by atoms with Gasteiger partial charge in [-0.3, -0.25) is 10.1 Å². The van der Waals surface area contributed by atoms with Crippen LogP contribution in [0.15, 0.2) is 54.6 Å². The van der Waals surface area contributed by atoms with Crippen molar-refractivity contribution in [2.45, 2.75) is 19.4 Å². The second-order valence-corrected chi connectivity index (χ2v) is 8.63. The van der Waals surface area contributed by atoms with Gasteiger partial charge < -0.3 is 4.90 Å². The van der Waals surface area contributed by atoms with Gasteiger partial charge in [0.2, 0.25) is 0 Å². The van der Waals surface area contributed by atoms with Gasteiger partial charge in [-0.2, -0.15) is 0 Å². The van der Waals surface area contributed by atoms with Crippen molar-refractivity contribution in [3.63, 3.8) is 0 Å². The number of thiocarbonyl (C=S) groups is 1. The lowest BCUT2D eigenvalue weighted by Gasteiger charge is -2.25. The monoisotopic (exact) mass is 414 g/mol. The van der Waals surface area contributed by atoms with Crippen LogP contribution in [0.5, 0.6) is 0 Å². The first-order valence-corrected chi connectivity index (χ1v) is 10.5. The van der Waals surface area contributed by atoms with Crippen molar-refractivity contribution in [3.8, 4) is 0 Å². The van der Waals surface area contributed by atoms with Crippen molar-refractivity contribution in [1.29, 1.82) is 0 Å². The summed E-state index contributed by atoms with van der Waals surface area (Å²) in [5.74, 6) is 0.427. The van der Waals surface area contributed by atoms with Gasteiger partial charge in [-0.25, -0.2) is 0 Å². The standard InChI is InChI=1S/C21H19ClN2OS2/c22-18-16-8-4-5-9-17(16)27-19(18)20(25)23-21(26)24(13-15-10-11-15)12-14-6-2-1-3-7-14/h1-9,15H,10-13H2,(H,23,25,26).